The van der Waals surface area contributed by atoms with Gasteiger partial charge in [-0.25, -0.2) is 0 Å². The Kier molecular flexibility index (Phi) is 17.4. The maximum Gasteiger partial charge on any atom is 0.248 e. The first-order valence-corrected chi connectivity index (χ1v) is 21.7. The highest BCUT2D eigenvalue weighted by Gasteiger charge is 2.43. The van der Waals surface area contributed by atoms with Gasteiger partial charge in [0, 0.05) is 19.5 Å². The van der Waals surface area contributed by atoms with Crippen molar-refractivity contribution in [1.82, 2.24) is 47.0 Å². The largest absolute Gasteiger partial charge is 0.391 e. The van der Waals surface area contributed by atoms with E-state index in [2.05, 4.69) is 37.2 Å². The molecule has 0 aromatic heterocycles. The van der Waals surface area contributed by atoms with Gasteiger partial charge in [-0.3, -0.25) is 43.2 Å². The first-order valence-electron chi connectivity index (χ1n) is 21.7. The van der Waals surface area contributed by atoms with E-state index >= 15 is 0 Å². The number of carbonyl (C=O) groups excluding carboxylic acids is 9. The van der Waals surface area contributed by atoms with Gasteiger partial charge in [-0.15, -0.1) is 0 Å². The summed E-state index contributed by atoms with van der Waals surface area (Å²) in [6.45, 7) is 12.9. The van der Waals surface area contributed by atoms with Crippen LogP contribution in [0.2, 0.25) is 0 Å². The normalized spacial score (nSPS) is 30.4. The lowest BCUT2D eigenvalue weighted by Gasteiger charge is -2.32. The molecular weight excluding hydrogens is 803 g/mol. The molecule has 0 aliphatic carbocycles. The second-order valence-corrected chi connectivity index (χ2v) is 17.1. The minimum Gasteiger partial charge on any atom is -0.391 e. The maximum absolute atomic E-state index is 14.1. The second-order valence-electron chi connectivity index (χ2n) is 17.1. The molecule has 3 saturated heterocycles. The van der Waals surface area contributed by atoms with Gasteiger partial charge in [-0.2, -0.15) is 0 Å². The summed E-state index contributed by atoms with van der Waals surface area (Å²) in [6, 6.07) is -1.86. The van der Waals surface area contributed by atoms with Crippen LogP contribution < -0.4 is 37.2 Å². The van der Waals surface area contributed by atoms with Gasteiger partial charge < -0.3 is 52.1 Å². The van der Waals surface area contributed by atoms with Crippen molar-refractivity contribution < 1.29 is 48.3 Å². The van der Waals surface area contributed by atoms with Gasteiger partial charge in [0.25, 0.3) is 0 Å². The zero-order valence-corrected chi connectivity index (χ0v) is 37.0. The summed E-state index contributed by atoms with van der Waals surface area (Å²) in [5.41, 5.74) is 0.652. The molecule has 3 aliphatic heterocycles. The van der Waals surface area contributed by atoms with Gasteiger partial charge in [0.1, 0.15) is 54.4 Å². The van der Waals surface area contributed by atoms with E-state index in [-0.39, 0.29) is 25.9 Å². The van der Waals surface area contributed by atoms with Crippen molar-refractivity contribution >= 4 is 53.2 Å². The van der Waals surface area contributed by atoms with Crippen molar-refractivity contribution in [3.63, 3.8) is 0 Å². The molecule has 11 atom stereocenters. The molecule has 1 aromatic rings. The Morgan fingerprint density at radius 2 is 1.03 bits per heavy atom. The van der Waals surface area contributed by atoms with Gasteiger partial charge in [0.15, 0.2) is 0 Å². The lowest BCUT2D eigenvalue weighted by atomic mass is 9.96. The van der Waals surface area contributed by atoms with Crippen LogP contribution in [0.3, 0.4) is 0 Å². The molecule has 3 heterocycles. The molecule has 0 radical (unpaired) electrons. The Bertz CT molecular complexity index is 1830. The molecule has 4 rings (SSSR count). The summed E-state index contributed by atoms with van der Waals surface area (Å²) < 4.78 is 0. The predicted octanol–water partition coefficient (Wildman–Crippen LogP) is -1.24. The monoisotopic (exact) mass is 867 g/mol. The highest BCUT2D eigenvalue weighted by atomic mass is 16.3. The minimum atomic E-state index is -1.53. The summed E-state index contributed by atoms with van der Waals surface area (Å²) in [4.78, 5) is 127. The maximum atomic E-state index is 14.1. The number of hydrogen-bond acceptors (Lipinski definition) is 10. The summed E-state index contributed by atoms with van der Waals surface area (Å²) in [6.07, 6.45) is 0.446. The first-order chi connectivity index (χ1) is 29.2. The fourth-order valence-electron chi connectivity index (χ4n) is 7.91. The number of carbonyl (C=O) groups is 9. The molecule has 0 spiro atoms. The van der Waals surface area contributed by atoms with Crippen LogP contribution >= 0.6 is 0 Å². The second kappa shape index (κ2) is 22.0. The van der Waals surface area contributed by atoms with Crippen LogP contribution in [0.25, 0.3) is 0 Å². The molecule has 0 saturated carbocycles. The smallest absolute Gasteiger partial charge is 0.248 e. The van der Waals surface area contributed by atoms with E-state index in [0.717, 1.165) is 0 Å². The highest BCUT2D eigenvalue weighted by Crippen LogP contribution is 2.23. The molecule has 3 fully saturated rings. The van der Waals surface area contributed by atoms with Gasteiger partial charge >= 0.3 is 0 Å². The van der Waals surface area contributed by atoms with E-state index in [9.17, 15) is 48.3 Å². The molecule has 19 heteroatoms. The molecule has 342 valence electrons. The summed E-state index contributed by atoms with van der Waals surface area (Å²) in [5, 5.41) is 29.4. The van der Waals surface area contributed by atoms with E-state index in [1.807, 2.05) is 6.92 Å². The molecule has 8 N–H and O–H groups in total. The lowest BCUT2D eigenvalue weighted by Crippen LogP contribution is -2.61. The average Bonchev–Trinajstić information content (AvgIpc) is 3.93. The van der Waals surface area contributed by atoms with Crippen molar-refractivity contribution in [3.8, 4) is 0 Å². The number of hydrogen-bond donors (Lipinski definition) is 8. The third-order valence-electron chi connectivity index (χ3n) is 11.9. The molecule has 19 nitrogen and oxygen atoms in total. The third kappa shape index (κ3) is 12.3. The van der Waals surface area contributed by atoms with E-state index in [4.69, 9.17) is 0 Å². The van der Waals surface area contributed by atoms with E-state index in [0.29, 0.717) is 31.2 Å². The topological polar surface area (TPSA) is 265 Å². The van der Waals surface area contributed by atoms with Crippen LogP contribution in [0, 0.1) is 11.8 Å². The Morgan fingerprint density at radius 3 is 1.58 bits per heavy atom. The molecule has 62 heavy (non-hydrogen) atoms. The van der Waals surface area contributed by atoms with Crippen LogP contribution in [0.15, 0.2) is 30.3 Å². The Labute approximate surface area is 363 Å². The molecule has 1 aromatic carbocycles. The van der Waals surface area contributed by atoms with Crippen LogP contribution in [0.1, 0.15) is 93.1 Å². The molecule has 0 bridgehead atoms. The van der Waals surface area contributed by atoms with E-state index < -0.39 is 125 Å². The Balaban J connectivity index is 1.69. The predicted molar refractivity (Wildman–Crippen MR) is 226 cm³/mol. The number of aliphatic hydroxyl groups excluding tert-OH is 1. The van der Waals surface area contributed by atoms with Gasteiger partial charge in [0.05, 0.1) is 6.10 Å². The zero-order chi connectivity index (χ0) is 46.0. The van der Waals surface area contributed by atoms with Crippen molar-refractivity contribution in [3.05, 3.63) is 35.9 Å². The standard InChI is InChI=1S/C43H65N9O10/c1-9-23(4)33-41(60)48-32(22(2)3)40(59)45-24(5)35(54)44-25(6)36(55)47-29(21-28-15-11-10-12-16-28)37(56)50-34(27(8)53)43(62)52-20-14-17-30(52)38(57)46-26(7)42(61)51-19-13-18-31(51)39(58)49-33/h10-12,15-16,22-27,29-34,53H,9,13-14,17-21H2,1-8H3,(H,44,54)(H,45,59)(H,46,57)(H,47,55)(H,48,60)(H,49,58)(H,50,56)/t23-,24-,25+,26+,27-,29+,30+,31-,32+,33+,34+/m1/s1. The number of nitrogens with zero attached hydrogens (tertiary/aromatic N) is 2. The van der Waals surface area contributed by atoms with Gasteiger partial charge in [-0.1, -0.05) is 64.4 Å². The molecule has 3 aliphatic rings. The van der Waals surface area contributed by atoms with Crippen molar-refractivity contribution in [1.29, 1.82) is 0 Å². The van der Waals surface area contributed by atoms with Crippen molar-refractivity contribution in [2.24, 2.45) is 11.8 Å². The lowest BCUT2D eigenvalue weighted by molar-refractivity contribution is -0.145. The number of aliphatic hydroxyl groups is 1. The van der Waals surface area contributed by atoms with Crippen LogP contribution in [-0.4, -0.2) is 142 Å². The van der Waals surface area contributed by atoms with E-state index in [1.165, 1.54) is 37.5 Å². The van der Waals surface area contributed by atoms with Crippen LogP contribution in [0.5, 0.6) is 0 Å². The summed E-state index contributed by atoms with van der Waals surface area (Å²) in [5.74, 6) is -7.02. The number of nitrogens with one attached hydrogen (secondary N) is 7. The molecule has 9 amide bonds. The summed E-state index contributed by atoms with van der Waals surface area (Å²) in [7, 11) is 0. The van der Waals surface area contributed by atoms with Gasteiger partial charge in [0.2, 0.25) is 53.2 Å². The van der Waals surface area contributed by atoms with Crippen LogP contribution in [-0.2, 0) is 49.6 Å². The van der Waals surface area contributed by atoms with Crippen molar-refractivity contribution in [2.45, 2.75) is 154 Å². The van der Waals surface area contributed by atoms with Crippen LogP contribution in [0.4, 0.5) is 0 Å². The van der Waals surface area contributed by atoms with Gasteiger partial charge in [-0.05, 0) is 70.8 Å². The Morgan fingerprint density at radius 1 is 0.565 bits per heavy atom. The summed E-state index contributed by atoms with van der Waals surface area (Å²) >= 11 is 0. The molecular formula is C43H65N9O10. The van der Waals surface area contributed by atoms with Crippen molar-refractivity contribution in [2.75, 3.05) is 13.1 Å². The first kappa shape index (κ1) is 49.1. The quantitative estimate of drug-likeness (QED) is 0.169. The molecule has 0 unspecified atom stereocenters. The SMILES string of the molecule is CC[C@@H](C)[C@@H]1NC(=O)[C@H]2CCCN2C(=O)[C@H](C)NC(=O)[C@@H]2CCCN2C(=O)[C@H]([C@@H](C)O)NC(=O)[C@H](Cc2ccccc2)NC(=O)[C@H](C)NC(=O)[C@@H](C)NC(=O)[C@H](C(C)C)NC1=O. The fourth-order valence-corrected chi connectivity index (χ4v) is 7.91. The number of fused-ring (bicyclic) bond motifs is 2. The number of rotatable bonds is 6. The fraction of sp³-hybridized carbons (Fsp3) is 0.651. The number of benzene rings is 1. The number of amides is 9. The average molecular weight is 868 g/mol. The zero-order valence-electron chi connectivity index (χ0n) is 37.0. The van der Waals surface area contributed by atoms with E-state index in [1.54, 1.807) is 51.1 Å². The highest BCUT2D eigenvalue weighted by molar-refractivity contribution is 5.99. The Hall–Kier alpha value is -5.59. The minimum absolute atomic E-state index is 0.0356. The third-order valence-corrected chi connectivity index (χ3v) is 11.9.